The van der Waals surface area contributed by atoms with Gasteiger partial charge in [0, 0.05) is 12.8 Å². The number of alkyl halides is 1. The predicted octanol–water partition coefficient (Wildman–Crippen LogP) is -1.03. The molecule has 4 rings (SSSR count). The highest BCUT2D eigenvalue weighted by Gasteiger charge is 2.50. The second-order valence-electron chi connectivity index (χ2n) is 13.7. The van der Waals surface area contributed by atoms with Crippen molar-refractivity contribution in [1.82, 2.24) is 0 Å². The SMILES string of the molecule is CCC1OC(OC2C(COC(C)=O)OC(Br)C(C)C2C)C(C)C(C)C1C.OCC1OC(OC2C(CO)OC(O)C(O)C2O)C(O)C(O)C1O. The lowest BCUT2D eigenvalue weighted by atomic mass is 9.78. The summed E-state index contributed by atoms with van der Waals surface area (Å²) in [6.45, 7) is 13.5. The lowest BCUT2D eigenvalue weighted by Crippen LogP contribution is -2.64. The summed E-state index contributed by atoms with van der Waals surface area (Å²) in [5, 5.41) is 76.4. The van der Waals surface area contributed by atoms with E-state index in [1.807, 2.05) is 0 Å². The minimum Gasteiger partial charge on any atom is -0.463 e. The molecule has 17 heteroatoms. The van der Waals surface area contributed by atoms with Crippen molar-refractivity contribution in [3.8, 4) is 0 Å². The molecule has 288 valence electrons. The van der Waals surface area contributed by atoms with E-state index in [4.69, 9.17) is 38.3 Å². The van der Waals surface area contributed by atoms with Crippen molar-refractivity contribution >= 4 is 21.9 Å². The van der Waals surface area contributed by atoms with Crippen LogP contribution in [0.5, 0.6) is 0 Å². The Morgan fingerprint density at radius 3 is 1.78 bits per heavy atom. The van der Waals surface area contributed by atoms with E-state index in [9.17, 15) is 40.5 Å². The third-order valence-corrected chi connectivity index (χ3v) is 11.6. The van der Waals surface area contributed by atoms with E-state index in [0.717, 1.165) is 6.42 Å². The van der Waals surface area contributed by atoms with Gasteiger partial charge in [-0.15, -0.1) is 0 Å². The molecule has 0 aliphatic carbocycles. The van der Waals surface area contributed by atoms with Crippen LogP contribution >= 0.6 is 15.9 Å². The maximum absolute atomic E-state index is 11.3. The summed E-state index contributed by atoms with van der Waals surface area (Å²) in [7, 11) is 0. The molecule has 20 unspecified atom stereocenters. The first-order valence-electron chi connectivity index (χ1n) is 17.0. The Hall–Kier alpha value is -0.610. The minimum absolute atomic E-state index is 0.0788. The number of rotatable bonds is 9. The number of ether oxygens (including phenoxy) is 7. The fourth-order valence-corrected chi connectivity index (χ4v) is 7.38. The van der Waals surface area contributed by atoms with Crippen LogP contribution in [0.1, 0.15) is 54.9 Å². The number of hydrogen-bond donors (Lipinski definition) is 8. The maximum Gasteiger partial charge on any atom is 0.302 e. The Balaban J connectivity index is 0.000000267. The van der Waals surface area contributed by atoms with E-state index in [0.29, 0.717) is 17.8 Å². The zero-order chi connectivity index (χ0) is 36.9. The molecule has 20 atom stereocenters. The average Bonchev–Trinajstić information content (AvgIpc) is 3.07. The second-order valence-corrected chi connectivity index (χ2v) is 14.6. The van der Waals surface area contributed by atoms with Crippen LogP contribution in [0.2, 0.25) is 0 Å². The molecule has 0 bridgehead atoms. The number of carbonyl (C=O) groups is 1. The summed E-state index contributed by atoms with van der Waals surface area (Å²) in [6.07, 6.45) is -15.1. The van der Waals surface area contributed by atoms with Crippen molar-refractivity contribution in [1.29, 1.82) is 0 Å². The molecule has 4 aliphatic heterocycles. The van der Waals surface area contributed by atoms with Crippen LogP contribution in [0, 0.1) is 29.6 Å². The molecule has 4 aliphatic rings. The highest BCUT2D eigenvalue weighted by atomic mass is 79.9. The van der Waals surface area contributed by atoms with E-state index in [-0.39, 0.29) is 54.0 Å². The van der Waals surface area contributed by atoms with Crippen LogP contribution in [0.15, 0.2) is 0 Å². The molecule has 0 aromatic heterocycles. The van der Waals surface area contributed by atoms with E-state index < -0.39 is 74.6 Å². The van der Waals surface area contributed by atoms with Gasteiger partial charge in [0.2, 0.25) is 0 Å². The van der Waals surface area contributed by atoms with Gasteiger partial charge in [-0.05, 0) is 30.1 Å². The minimum atomic E-state index is -1.74. The van der Waals surface area contributed by atoms with Gasteiger partial charge in [0.1, 0.15) is 66.6 Å². The third-order valence-electron chi connectivity index (χ3n) is 10.5. The molecule has 49 heavy (non-hydrogen) atoms. The summed E-state index contributed by atoms with van der Waals surface area (Å²) in [5.41, 5.74) is 0. The average molecular weight is 778 g/mol. The fraction of sp³-hybridized carbons (Fsp3) is 0.969. The van der Waals surface area contributed by atoms with Crippen molar-refractivity contribution in [2.24, 2.45) is 29.6 Å². The number of hydrogen-bond acceptors (Lipinski definition) is 16. The number of halogens is 1. The summed E-state index contributed by atoms with van der Waals surface area (Å²) in [6, 6.07) is 0. The zero-order valence-electron chi connectivity index (χ0n) is 29.1. The standard InChI is InChI=1S/C20H35BrO5.C12H22O11/c1-8-16-11(3)10(2)14(6)20(25-16)26-18-12(4)13(5)19(21)24-17(18)9-23-15(7)22;13-1-3-5(15)6(16)9(19)12(22-3)23-10-4(2-14)21-11(20)8(18)7(10)17/h10-14,16-20H,8-9H2,1-7H3;3-20H,1-2H2. The van der Waals surface area contributed by atoms with E-state index in [1.54, 1.807) is 0 Å². The van der Waals surface area contributed by atoms with E-state index >= 15 is 0 Å². The highest BCUT2D eigenvalue weighted by Crippen LogP contribution is 2.41. The van der Waals surface area contributed by atoms with Gasteiger partial charge >= 0.3 is 5.97 Å². The summed E-state index contributed by atoms with van der Waals surface area (Å²) in [5.74, 6) is 1.56. The summed E-state index contributed by atoms with van der Waals surface area (Å²) in [4.78, 5) is 11.3. The van der Waals surface area contributed by atoms with Crippen LogP contribution in [0.25, 0.3) is 0 Å². The van der Waals surface area contributed by atoms with Crippen molar-refractivity contribution in [2.45, 2.75) is 146 Å². The first-order chi connectivity index (χ1) is 23.0. The summed E-state index contributed by atoms with van der Waals surface area (Å²) < 4.78 is 39.4. The first kappa shape index (κ1) is 42.8. The molecular weight excluding hydrogens is 720 g/mol. The third kappa shape index (κ3) is 10.1. The van der Waals surface area contributed by atoms with E-state index in [2.05, 4.69) is 57.5 Å². The van der Waals surface area contributed by atoms with Crippen molar-refractivity contribution in [3.63, 3.8) is 0 Å². The smallest absolute Gasteiger partial charge is 0.302 e. The van der Waals surface area contributed by atoms with E-state index in [1.165, 1.54) is 6.92 Å². The molecule has 0 saturated carbocycles. The molecule has 0 radical (unpaired) electrons. The monoisotopic (exact) mass is 776 g/mol. The van der Waals surface area contributed by atoms with Gasteiger partial charge in [-0.2, -0.15) is 0 Å². The number of esters is 1. The van der Waals surface area contributed by atoms with Crippen LogP contribution in [-0.2, 0) is 38.0 Å². The van der Waals surface area contributed by atoms with Gasteiger partial charge in [0.15, 0.2) is 18.9 Å². The predicted molar refractivity (Wildman–Crippen MR) is 172 cm³/mol. The zero-order valence-corrected chi connectivity index (χ0v) is 30.7. The summed E-state index contributed by atoms with van der Waals surface area (Å²) >= 11 is 3.59. The second kappa shape index (κ2) is 18.9. The van der Waals surface area contributed by atoms with Crippen LogP contribution in [0.4, 0.5) is 0 Å². The van der Waals surface area contributed by atoms with Crippen molar-refractivity contribution in [2.75, 3.05) is 19.8 Å². The van der Waals surface area contributed by atoms with Gasteiger partial charge in [-0.1, -0.05) is 57.5 Å². The number of carbonyl (C=O) groups excluding carboxylic acids is 1. The highest BCUT2D eigenvalue weighted by molar-refractivity contribution is 9.09. The lowest BCUT2D eigenvalue weighted by molar-refractivity contribution is -0.355. The van der Waals surface area contributed by atoms with Crippen molar-refractivity contribution in [3.05, 3.63) is 0 Å². The van der Waals surface area contributed by atoms with Gasteiger partial charge < -0.3 is 74.0 Å². The Morgan fingerprint density at radius 1 is 0.612 bits per heavy atom. The topological polar surface area (TPSA) is 244 Å². The number of aliphatic hydroxyl groups excluding tert-OH is 8. The maximum atomic E-state index is 11.3. The Labute approximate surface area is 295 Å². The van der Waals surface area contributed by atoms with Gasteiger partial charge in [0.05, 0.1) is 25.4 Å². The van der Waals surface area contributed by atoms with Crippen LogP contribution in [0.3, 0.4) is 0 Å². The fourth-order valence-electron chi connectivity index (χ4n) is 6.62. The quantitative estimate of drug-likeness (QED) is 0.103. The molecule has 4 fully saturated rings. The van der Waals surface area contributed by atoms with Gasteiger partial charge in [-0.3, -0.25) is 4.79 Å². The Bertz CT molecular complexity index is 1010. The van der Waals surface area contributed by atoms with Crippen LogP contribution in [-0.4, -0.2) is 158 Å². The molecule has 0 aromatic rings. The molecular formula is C32H57BrO16. The molecule has 0 amide bonds. The Morgan fingerprint density at radius 2 is 1.20 bits per heavy atom. The van der Waals surface area contributed by atoms with Gasteiger partial charge in [0.25, 0.3) is 0 Å². The molecule has 0 spiro atoms. The molecule has 4 saturated heterocycles. The lowest BCUT2D eigenvalue weighted by Gasteiger charge is -2.48. The molecule has 0 aromatic carbocycles. The normalized spacial score (nSPS) is 49.1. The van der Waals surface area contributed by atoms with Gasteiger partial charge in [-0.25, -0.2) is 0 Å². The molecule has 16 nitrogen and oxygen atoms in total. The largest absolute Gasteiger partial charge is 0.463 e. The molecule has 4 heterocycles. The Kier molecular flexibility index (Phi) is 16.5. The van der Waals surface area contributed by atoms with Crippen molar-refractivity contribution < 1.29 is 78.8 Å². The number of aliphatic hydroxyl groups is 8. The first-order valence-corrected chi connectivity index (χ1v) is 17.9. The molecule has 8 N–H and O–H groups in total. The van der Waals surface area contributed by atoms with Crippen LogP contribution < -0.4 is 0 Å².